The second-order valence-corrected chi connectivity index (χ2v) is 3.38. The average Bonchev–Trinajstić information content (AvgIpc) is 2.35. The Hall–Kier alpha value is -1.34. The third kappa shape index (κ3) is 3.35. The molecule has 0 radical (unpaired) electrons. The van der Waals surface area contributed by atoms with Crippen molar-refractivity contribution in [1.82, 2.24) is 4.90 Å². The molecule has 1 atom stereocenters. The maximum atomic E-state index is 11.9. The number of nitrogens with zero attached hydrogens (tertiary/aromatic N) is 2. The van der Waals surface area contributed by atoms with Gasteiger partial charge in [-0.2, -0.15) is 0 Å². The molecule has 1 rings (SSSR count). The molecule has 1 fully saturated rings. The minimum Gasteiger partial charge on any atom is -0.409 e. The summed E-state index contributed by atoms with van der Waals surface area (Å²) in [6.45, 7) is 3.55. The van der Waals surface area contributed by atoms with Gasteiger partial charge in [0.1, 0.15) is 0 Å². The van der Waals surface area contributed by atoms with Crippen molar-refractivity contribution in [3.05, 3.63) is 0 Å². The van der Waals surface area contributed by atoms with Crippen LogP contribution >= 0.6 is 0 Å². The number of hydrogen-bond donors (Lipinski definition) is 2. The van der Waals surface area contributed by atoms with Gasteiger partial charge in [0.25, 0.3) is 5.91 Å². The van der Waals surface area contributed by atoms with Gasteiger partial charge in [0.05, 0.1) is 26.4 Å². The fourth-order valence-corrected chi connectivity index (χ4v) is 1.41. The number of carbonyl (C=O) groups excluding carboxylic acids is 1. The molecule has 0 aromatic heterocycles. The number of amidine groups is 1. The van der Waals surface area contributed by atoms with Crippen LogP contribution in [-0.2, 0) is 14.3 Å². The molecule has 7 heteroatoms. The standard InChI is InChI=1S/C9H17N3O4/c1-2-12(5-8(10)11-14)9(13)7-6-15-3-4-16-7/h7,14H,2-6H2,1H3,(H2,10,11). The molecule has 1 heterocycles. The first-order valence-electron chi connectivity index (χ1n) is 5.13. The SMILES string of the molecule is CCN(CC(N)=NO)C(=O)C1COCCO1. The second-order valence-electron chi connectivity index (χ2n) is 3.38. The zero-order valence-corrected chi connectivity index (χ0v) is 9.26. The van der Waals surface area contributed by atoms with E-state index < -0.39 is 6.10 Å². The van der Waals surface area contributed by atoms with Gasteiger partial charge in [-0.25, -0.2) is 0 Å². The molecule has 0 saturated carbocycles. The van der Waals surface area contributed by atoms with Gasteiger partial charge < -0.3 is 25.3 Å². The van der Waals surface area contributed by atoms with Crippen molar-refractivity contribution in [1.29, 1.82) is 0 Å². The summed E-state index contributed by atoms with van der Waals surface area (Å²) in [6.07, 6.45) is -0.583. The molecule has 0 bridgehead atoms. The average molecular weight is 231 g/mol. The maximum Gasteiger partial charge on any atom is 0.254 e. The van der Waals surface area contributed by atoms with E-state index in [2.05, 4.69) is 5.16 Å². The van der Waals surface area contributed by atoms with Crippen LogP contribution in [0.15, 0.2) is 5.16 Å². The summed E-state index contributed by atoms with van der Waals surface area (Å²) in [5, 5.41) is 11.3. The first-order chi connectivity index (χ1) is 7.69. The van der Waals surface area contributed by atoms with Crippen LogP contribution in [-0.4, -0.2) is 60.9 Å². The van der Waals surface area contributed by atoms with Crippen molar-refractivity contribution in [2.24, 2.45) is 10.9 Å². The third-order valence-electron chi connectivity index (χ3n) is 2.27. The molecule has 1 aliphatic heterocycles. The number of nitrogens with two attached hydrogens (primary N) is 1. The van der Waals surface area contributed by atoms with Crippen LogP contribution in [0.2, 0.25) is 0 Å². The zero-order chi connectivity index (χ0) is 12.0. The van der Waals surface area contributed by atoms with E-state index in [9.17, 15) is 4.79 Å². The van der Waals surface area contributed by atoms with E-state index in [4.69, 9.17) is 20.4 Å². The summed E-state index contributed by atoms with van der Waals surface area (Å²) in [4.78, 5) is 13.4. The van der Waals surface area contributed by atoms with Gasteiger partial charge in [-0.3, -0.25) is 4.79 Å². The lowest BCUT2D eigenvalue weighted by atomic mass is 10.3. The fraction of sp³-hybridized carbons (Fsp3) is 0.778. The summed E-state index contributed by atoms with van der Waals surface area (Å²) >= 11 is 0. The normalized spacial score (nSPS) is 21.8. The van der Waals surface area contributed by atoms with Crippen LogP contribution < -0.4 is 5.73 Å². The van der Waals surface area contributed by atoms with Crippen LogP contribution in [0, 0.1) is 0 Å². The van der Waals surface area contributed by atoms with Crippen LogP contribution in [0.25, 0.3) is 0 Å². The summed E-state index contributed by atoms with van der Waals surface area (Å²) in [6, 6.07) is 0. The number of rotatable bonds is 4. The Labute approximate surface area is 93.8 Å². The number of oxime groups is 1. The van der Waals surface area contributed by atoms with E-state index in [1.54, 1.807) is 0 Å². The van der Waals surface area contributed by atoms with E-state index in [1.165, 1.54) is 4.90 Å². The number of carbonyl (C=O) groups is 1. The highest BCUT2D eigenvalue weighted by molar-refractivity contribution is 5.88. The summed E-state index contributed by atoms with van der Waals surface area (Å²) in [5.74, 6) is -0.208. The van der Waals surface area contributed by atoms with Gasteiger partial charge in [0.2, 0.25) is 0 Å². The highest BCUT2D eigenvalue weighted by Crippen LogP contribution is 2.05. The first-order valence-corrected chi connectivity index (χ1v) is 5.13. The Balaban J connectivity index is 2.54. The van der Waals surface area contributed by atoms with Gasteiger partial charge >= 0.3 is 0 Å². The summed E-state index contributed by atoms with van der Waals surface area (Å²) < 4.78 is 10.4. The molecule has 16 heavy (non-hydrogen) atoms. The van der Waals surface area contributed by atoms with Crippen molar-refractivity contribution in [3.63, 3.8) is 0 Å². The Bertz CT molecular complexity index is 263. The van der Waals surface area contributed by atoms with Crippen LogP contribution in [0.1, 0.15) is 6.92 Å². The smallest absolute Gasteiger partial charge is 0.254 e. The predicted octanol–water partition coefficient (Wildman–Crippen LogP) is -1.00. The van der Waals surface area contributed by atoms with Gasteiger partial charge in [0.15, 0.2) is 11.9 Å². The van der Waals surface area contributed by atoms with Gasteiger partial charge in [-0.05, 0) is 6.92 Å². The first kappa shape index (κ1) is 12.7. The Morgan fingerprint density at radius 3 is 2.88 bits per heavy atom. The molecule has 1 unspecified atom stereocenters. The van der Waals surface area contributed by atoms with E-state index in [0.29, 0.717) is 19.8 Å². The topological polar surface area (TPSA) is 97.4 Å². The van der Waals surface area contributed by atoms with Gasteiger partial charge in [0, 0.05) is 6.54 Å². The molecular formula is C9H17N3O4. The molecule has 0 aromatic carbocycles. The molecule has 0 aliphatic carbocycles. The Morgan fingerprint density at radius 2 is 2.38 bits per heavy atom. The third-order valence-corrected chi connectivity index (χ3v) is 2.27. The maximum absolute atomic E-state index is 11.9. The van der Waals surface area contributed by atoms with E-state index >= 15 is 0 Å². The zero-order valence-electron chi connectivity index (χ0n) is 9.26. The Morgan fingerprint density at radius 1 is 1.62 bits per heavy atom. The molecule has 3 N–H and O–H groups in total. The second kappa shape index (κ2) is 6.29. The highest BCUT2D eigenvalue weighted by atomic mass is 16.6. The van der Waals surface area contributed by atoms with Crippen LogP contribution in [0.3, 0.4) is 0 Å². The molecule has 1 amide bonds. The van der Waals surface area contributed by atoms with Crippen molar-refractivity contribution < 1.29 is 19.5 Å². The minimum atomic E-state index is -0.583. The lowest BCUT2D eigenvalue weighted by Crippen LogP contribution is -2.48. The van der Waals surface area contributed by atoms with E-state index in [-0.39, 0.29) is 24.9 Å². The monoisotopic (exact) mass is 231 g/mol. The van der Waals surface area contributed by atoms with E-state index in [0.717, 1.165) is 0 Å². The molecule has 7 nitrogen and oxygen atoms in total. The number of ether oxygens (including phenoxy) is 2. The fourth-order valence-electron chi connectivity index (χ4n) is 1.41. The number of likely N-dealkylation sites (N-methyl/N-ethyl adjacent to an activating group) is 1. The molecule has 0 spiro atoms. The van der Waals surface area contributed by atoms with Crippen molar-refractivity contribution in [2.45, 2.75) is 13.0 Å². The predicted molar refractivity (Wildman–Crippen MR) is 56.2 cm³/mol. The summed E-state index contributed by atoms with van der Waals surface area (Å²) in [7, 11) is 0. The number of amides is 1. The van der Waals surface area contributed by atoms with Crippen LogP contribution in [0.5, 0.6) is 0 Å². The highest BCUT2D eigenvalue weighted by Gasteiger charge is 2.27. The molecule has 1 saturated heterocycles. The number of hydrogen-bond acceptors (Lipinski definition) is 5. The minimum absolute atomic E-state index is 0.00747. The Kier molecular flexibility index (Phi) is 5.00. The quantitative estimate of drug-likeness (QED) is 0.280. The lowest BCUT2D eigenvalue weighted by molar-refractivity contribution is -0.157. The van der Waals surface area contributed by atoms with Gasteiger partial charge in [-0.15, -0.1) is 0 Å². The lowest BCUT2D eigenvalue weighted by Gasteiger charge is -2.28. The molecular weight excluding hydrogens is 214 g/mol. The largest absolute Gasteiger partial charge is 0.409 e. The molecule has 92 valence electrons. The van der Waals surface area contributed by atoms with Crippen molar-refractivity contribution in [2.75, 3.05) is 32.9 Å². The summed E-state index contributed by atoms with van der Waals surface area (Å²) in [5.41, 5.74) is 5.35. The van der Waals surface area contributed by atoms with Gasteiger partial charge in [-0.1, -0.05) is 5.16 Å². The van der Waals surface area contributed by atoms with Crippen molar-refractivity contribution >= 4 is 11.7 Å². The molecule has 0 aromatic rings. The molecule has 1 aliphatic rings. The van der Waals surface area contributed by atoms with Crippen molar-refractivity contribution in [3.8, 4) is 0 Å². The van der Waals surface area contributed by atoms with Crippen LogP contribution in [0.4, 0.5) is 0 Å². The van der Waals surface area contributed by atoms with E-state index in [1.807, 2.05) is 6.92 Å².